The van der Waals surface area contributed by atoms with Gasteiger partial charge >= 0.3 is 5.97 Å². The first kappa shape index (κ1) is 28.7. The summed E-state index contributed by atoms with van der Waals surface area (Å²) >= 11 is 12.6. The van der Waals surface area contributed by atoms with Crippen molar-refractivity contribution >= 4 is 41.6 Å². The smallest absolute Gasteiger partial charge is 0.310 e. The van der Waals surface area contributed by atoms with E-state index in [0.29, 0.717) is 23.8 Å². The minimum Gasteiger partial charge on any atom is -0.486 e. The molecule has 3 atom stereocenters. The zero-order valence-electron chi connectivity index (χ0n) is 20.0. The van der Waals surface area contributed by atoms with Gasteiger partial charge < -0.3 is 20.3 Å². The van der Waals surface area contributed by atoms with Gasteiger partial charge in [0.2, 0.25) is 0 Å². The normalized spacial score (nSPS) is 16.3. The van der Waals surface area contributed by atoms with E-state index in [1.165, 1.54) is 11.1 Å². The van der Waals surface area contributed by atoms with Gasteiger partial charge in [-0.15, -0.1) is 12.4 Å². The van der Waals surface area contributed by atoms with Crippen molar-refractivity contribution in [1.82, 2.24) is 5.32 Å². The maximum absolute atomic E-state index is 11.3. The molecule has 0 saturated heterocycles. The van der Waals surface area contributed by atoms with Crippen LogP contribution in [0, 0.1) is 5.92 Å². The van der Waals surface area contributed by atoms with Crippen LogP contribution in [0.2, 0.25) is 10.0 Å². The lowest BCUT2D eigenvalue weighted by Gasteiger charge is -2.32. The standard InChI is InChI=1S/C26H33Cl2NO4.ClH/c1-15(25(31)32)20-9-10-22(24(28)23(20)27)33-16(2)21(30)14-29-26(3,4)13-17-11-18-7-5-6-8-19(18)12-17;/h5-10,15-17,21,29-30H,11-14H2,1-4H3,(H,31,32);1H/t15?,16-,21-;/m0./s1. The molecule has 0 spiro atoms. The SMILES string of the molecule is CC(C(=O)O)c1ccc(O[C@@H](C)[C@@H](O)CNC(C)(C)CC2Cc3ccccc3C2)c(Cl)c1Cl.Cl. The van der Waals surface area contributed by atoms with Crippen molar-refractivity contribution in [2.75, 3.05) is 6.54 Å². The third-order valence-corrected chi connectivity index (χ3v) is 7.37. The van der Waals surface area contributed by atoms with Gasteiger partial charge in [-0.25, -0.2) is 0 Å². The molecule has 2 aromatic rings. The van der Waals surface area contributed by atoms with E-state index in [0.717, 1.165) is 19.3 Å². The molecule has 0 aliphatic heterocycles. The highest BCUT2D eigenvalue weighted by molar-refractivity contribution is 6.43. The number of aliphatic hydroxyl groups is 1. The van der Waals surface area contributed by atoms with Gasteiger partial charge in [0, 0.05) is 12.1 Å². The number of aliphatic hydroxyl groups excluding tert-OH is 1. The Morgan fingerprint density at radius 3 is 2.26 bits per heavy atom. The average molecular weight is 531 g/mol. The van der Waals surface area contributed by atoms with Crippen LogP contribution >= 0.6 is 35.6 Å². The summed E-state index contributed by atoms with van der Waals surface area (Å²) in [6.07, 6.45) is 1.89. The van der Waals surface area contributed by atoms with Crippen LogP contribution in [0.4, 0.5) is 0 Å². The molecule has 8 heteroatoms. The Kier molecular flexibility index (Phi) is 10.1. The minimum atomic E-state index is -0.986. The molecule has 188 valence electrons. The summed E-state index contributed by atoms with van der Waals surface area (Å²) in [4.78, 5) is 11.3. The Morgan fingerprint density at radius 2 is 1.71 bits per heavy atom. The molecule has 0 amide bonds. The molecule has 0 heterocycles. The minimum absolute atomic E-state index is 0. The highest BCUT2D eigenvalue weighted by Gasteiger charge is 2.29. The van der Waals surface area contributed by atoms with Gasteiger partial charge in [-0.05, 0) is 75.6 Å². The topological polar surface area (TPSA) is 78.8 Å². The summed E-state index contributed by atoms with van der Waals surface area (Å²) in [6, 6.07) is 11.8. The molecular weight excluding hydrogens is 497 g/mol. The summed E-state index contributed by atoms with van der Waals surface area (Å²) in [5.41, 5.74) is 3.18. The third kappa shape index (κ3) is 7.02. The number of carbonyl (C=O) groups is 1. The molecule has 2 aromatic carbocycles. The third-order valence-electron chi connectivity index (χ3n) is 6.49. The highest BCUT2D eigenvalue weighted by atomic mass is 35.5. The second-order valence-electron chi connectivity index (χ2n) is 9.74. The van der Waals surface area contributed by atoms with Gasteiger partial charge in [-0.1, -0.05) is 53.5 Å². The number of carboxylic acids is 1. The zero-order chi connectivity index (χ0) is 24.3. The molecule has 0 saturated carbocycles. The number of hydrogen-bond donors (Lipinski definition) is 3. The fourth-order valence-electron chi connectivity index (χ4n) is 4.52. The van der Waals surface area contributed by atoms with Crippen molar-refractivity contribution in [3.05, 3.63) is 63.1 Å². The lowest BCUT2D eigenvalue weighted by Crippen LogP contribution is -2.48. The summed E-state index contributed by atoms with van der Waals surface area (Å²) < 4.78 is 5.87. The number of fused-ring (bicyclic) bond motifs is 1. The maximum atomic E-state index is 11.3. The second kappa shape index (κ2) is 12.0. The van der Waals surface area contributed by atoms with Gasteiger partial charge in [0.15, 0.2) is 0 Å². The first-order valence-electron chi connectivity index (χ1n) is 11.4. The molecular formula is C26H34Cl3NO4. The Morgan fingerprint density at radius 1 is 1.12 bits per heavy atom. The number of aliphatic carboxylic acids is 1. The van der Waals surface area contributed by atoms with Crippen molar-refractivity contribution in [1.29, 1.82) is 0 Å². The van der Waals surface area contributed by atoms with E-state index < -0.39 is 24.1 Å². The first-order valence-corrected chi connectivity index (χ1v) is 12.1. The molecule has 0 aromatic heterocycles. The second-order valence-corrected chi connectivity index (χ2v) is 10.5. The number of rotatable bonds is 10. The van der Waals surface area contributed by atoms with Crippen LogP contribution in [0.3, 0.4) is 0 Å². The Hall–Kier alpha value is -1.50. The number of carboxylic acid groups (broad SMARTS) is 1. The summed E-state index contributed by atoms with van der Waals surface area (Å²) in [5, 5.41) is 23.7. The molecule has 0 bridgehead atoms. The Labute approximate surface area is 218 Å². The number of nitrogens with one attached hydrogen (secondary N) is 1. The Balaban J connectivity index is 0.00000408. The van der Waals surface area contributed by atoms with Crippen molar-refractivity contribution in [2.45, 2.75) is 70.6 Å². The highest BCUT2D eigenvalue weighted by Crippen LogP contribution is 2.38. The maximum Gasteiger partial charge on any atom is 0.310 e. The van der Waals surface area contributed by atoms with Crippen LogP contribution < -0.4 is 10.1 Å². The van der Waals surface area contributed by atoms with Crippen LogP contribution in [0.25, 0.3) is 0 Å². The van der Waals surface area contributed by atoms with E-state index in [9.17, 15) is 15.0 Å². The fourth-order valence-corrected chi connectivity index (χ4v) is 5.06. The van der Waals surface area contributed by atoms with Gasteiger partial charge in [0.1, 0.15) is 23.0 Å². The van der Waals surface area contributed by atoms with E-state index in [4.69, 9.17) is 27.9 Å². The fraction of sp³-hybridized carbons (Fsp3) is 0.500. The van der Waals surface area contributed by atoms with Gasteiger partial charge in [0.25, 0.3) is 0 Å². The predicted octanol–water partition coefficient (Wildman–Crippen LogP) is 5.90. The number of hydrogen-bond acceptors (Lipinski definition) is 4. The van der Waals surface area contributed by atoms with E-state index in [1.807, 2.05) is 0 Å². The molecule has 0 radical (unpaired) electrons. The van der Waals surface area contributed by atoms with Crippen molar-refractivity contribution in [3.8, 4) is 5.75 Å². The van der Waals surface area contributed by atoms with Crippen LogP contribution in [-0.4, -0.2) is 40.5 Å². The lowest BCUT2D eigenvalue weighted by molar-refractivity contribution is -0.138. The first-order chi connectivity index (χ1) is 15.5. The number of benzene rings is 2. The number of ether oxygens (including phenoxy) is 1. The molecule has 34 heavy (non-hydrogen) atoms. The van der Waals surface area contributed by atoms with Crippen LogP contribution in [0.1, 0.15) is 56.7 Å². The quantitative estimate of drug-likeness (QED) is 0.356. The number of halogens is 3. The summed E-state index contributed by atoms with van der Waals surface area (Å²) in [6.45, 7) is 8.00. The van der Waals surface area contributed by atoms with Crippen LogP contribution in [0.15, 0.2) is 36.4 Å². The van der Waals surface area contributed by atoms with Gasteiger partial charge in [-0.3, -0.25) is 4.79 Å². The predicted molar refractivity (Wildman–Crippen MR) is 140 cm³/mol. The molecule has 1 aliphatic rings. The van der Waals surface area contributed by atoms with Crippen molar-refractivity contribution in [2.24, 2.45) is 5.92 Å². The molecule has 5 nitrogen and oxygen atoms in total. The summed E-state index contributed by atoms with van der Waals surface area (Å²) in [7, 11) is 0. The van der Waals surface area contributed by atoms with Gasteiger partial charge in [0.05, 0.1) is 10.9 Å². The molecule has 3 rings (SSSR count). The Bertz CT molecular complexity index is 973. The molecule has 3 N–H and O–H groups in total. The van der Waals surface area contributed by atoms with E-state index in [2.05, 4.69) is 43.4 Å². The number of β-amino-alcohol motifs (C(OH)–C–C–N with tert-alkyl or cyclic N) is 1. The van der Waals surface area contributed by atoms with Crippen molar-refractivity contribution in [3.63, 3.8) is 0 Å². The van der Waals surface area contributed by atoms with E-state index >= 15 is 0 Å². The molecule has 1 aliphatic carbocycles. The van der Waals surface area contributed by atoms with E-state index in [-0.39, 0.29) is 28.0 Å². The van der Waals surface area contributed by atoms with Gasteiger partial charge in [-0.2, -0.15) is 0 Å². The largest absolute Gasteiger partial charge is 0.486 e. The average Bonchev–Trinajstić information content (AvgIpc) is 3.16. The zero-order valence-corrected chi connectivity index (χ0v) is 22.3. The van der Waals surface area contributed by atoms with E-state index in [1.54, 1.807) is 26.0 Å². The lowest BCUT2D eigenvalue weighted by atomic mass is 9.88. The van der Waals surface area contributed by atoms with Crippen LogP contribution in [0.5, 0.6) is 5.75 Å². The monoisotopic (exact) mass is 529 g/mol. The summed E-state index contributed by atoms with van der Waals surface area (Å²) in [5.74, 6) is -0.868. The van der Waals surface area contributed by atoms with Crippen molar-refractivity contribution < 1.29 is 19.7 Å². The molecule has 0 fully saturated rings. The molecule has 1 unspecified atom stereocenters. The van der Waals surface area contributed by atoms with Crippen LogP contribution in [-0.2, 0) is 17.6 Å².